The third-order valence-electron chi connectivity index (χ3n) is 4.29. The van der Waals surface area contributed by atoms with Gasteiger partial charge in [-0.25, -0.2) is 8.78 Å². The minimum atomic E-state index is -1.03. The van der Waals surface area contributed by atoms with Gasteiger partial charge in [0.05, 0.1) is 6.54 Å². The van der Waals surface area contributed by atoms with Crippen molar-refractivity contribution in [2.45, 2.75) is 0 Å². The molecule has 0 N–H and O–H groups in total. The number of halogens is 2. The lowest BCUT2D eigenvalue weighted by Gasteiger charge is -2.34. The van der Waals surface area contributed by atoms with E-state index in [0.29, 0.717) is 38.3 Å². The highest BCUT2D eigenvalue weighted by Crippen LogP contribution is 2.13. The summed E-state index contributed by atoms with van der Waals surface area (Å²) in [5.41, 5.74) is 0.801. The summed E-state index contributed by atoms with van der Waals surface area (Å²) < 4.78 is 26.3. The summed E-state index contributed by atoms with van der Waals surface area (Å²) in [6, 6.07) is 12.2. The molecule has 0 spiro atoms. The molecule has 0 radical (unpaired) electrons. The molecule has 1 amide bonds. The average molecular weight is 344 g/mol. The van der Waals surface area contributed by atoms with Gasteiger partial charge in [0.25, 0.3) is 5.91 Å². The maximum atomic E-state index is 13.3. The van der Waals surface area contributed by atoms with E-state index < -0.39 is 11.6 Å². The summed E-state index contributed by atoms with van der Waals surface area (Å²) in [4.78, 5) is 28.2. The molecule has 0 unspecified atom stereocenters. The summed E-state index contributed by atoms with van der Waals surface area (Å²) in [5, 5.41) is 0. The zero-order valence-corrected chi connectivity index (χ0v) is 13.6. The summed E-state index contributed by atoms with van der Waals surface area (Å²) >= 11 is 0. The first-order valence-corrected chi connectivity index (χ1v) is 8.09. The number of piperazine rings is 1. The number of carbonyl (C=O) groups is 2. The molecule has 1 saturated heterocycles. The van der Waals surface area contributed by atoms with Gasteiger partial charge in [0.15, 0.2) is 17.4 Å². The van der Waals surface area contributed by atoms with Gasteiger partial charge in [-0.1, -0.05) is 30.3 Å². The minimum Gasteiger partial charge on any atom is -0.336 e. The Morgan fingerprint density at radius 2 is 1.52 bits per heavy atom. The van der Waals surface area contributed by atoms with E-state index in [1.54, 1.807) is 17.0 Å². The fourth-order valence-corrected chi connectivity index (χ4v) is 2.84. The molecule has 1 fully saturated rings. The quantitative estimate of drug-likeness (QED) is 0.801. The van der Waals surface area contributed by atoms with Gasteiger partial charge in [-0.05, 0) is 18.2 Å². The van der Waals surface area contributed by atoms with Crippen LogP contribution in [0.25, 0.3) is 0 Å². The molecular formula is C19H18F2N2O2. The standard InChI is InChI=1S/C19H18F2N2O2/c20-16-7-6-15(12-17(16)21)19(25)23-10-8-22(9-11-23)13-18(24)14-4-2-1-3-5-14/h1-7,12H,8-11,13H2. The van der Waals surface area contributed by atoms with Crippen LogP contribution in [0.1, 0.15) is 20.7 Å². The Balaban J connectivity index is 1.55. The molecule has 0 bridgehead atoms. The predicted octanol–water partition coefficient (Wildman–Crippen LogP) is 2.61. The van der Waals surface area contributed by atoms with Crippen LogP contribution in [0.3, 0.4) is 0 Å². The first-order valence-electron chi connectivity index (χ1n) is 8.09. The van der Waals surface area contributed by atoms with Crippen LogP contribution >= 0.6 is 0 Å². The van der Waals surface area contributed by atoms with Crippen molar-refractivity contribution in [3.63, 3.8) is 0 Å². The van der Waals surface area contributed by atoms with E-state index in [1.165, 1.54) is 6.07 Å². The van der Waals surface area contributed by atoms with Gasteiger partial charge in [-0.2, -0.15) is 0 Å². The lowest BCUT2D eigenvalue weighted by atomic mass is 10.1. The Bertz CT molecular complexity index is 772. The van der Waals surface area contributed by atoms with Crippen molar-refractivity contribution in [1.82, 2.24) is 9.80 Å². The Kier molecular flexibility index (Phi) is 5.19. The molecule has 0 aromatic heterocycles. The minimum absolute atomic E-state index is 0.0426. The lowest BCUT2D eigenvalue weighted by molar-refractivity contribution is 0.0624. The number of nitrogens with zero attached hydrogens (tertiary/aromatic N) is 2. The van der Waals surface area contributed by atoms with Crippen LogP contribution in [-0.2, 0) is 0 Å². The summed E-state index contributed by atoms with van der Waals surface area (Å²) in [7, 11) is 0. The van der Waals surface area contributed by atoms with E-state index in [9.17, 15) is 18.4 Å². The van der Waals surface area contributed by atoms with Crippen LogP contribution in [0.2, 0.25) is 0 Å². The molecule has 1 aliphatic rings. The van der Waals surface area contributed by atoms with Crippen LogP contribution in [0.4, 0.5) is 8.78 Å². The van der Waals surface area contributed by atoms with Gasteiger partial charge in [0.1, 0.15) is 0 Å². The number of carbonyl (C=O) groups excluding carboxylic acids is 2. The highest BCUT2D eigenvalue weighted by molar-refractivity contribution is 5.97. The van der Waals surface area contributed by atoms with Gasteiger partial charge < -0.3 is 4.90 Å². The van der Waals surface area contributed by atoms with Crippen molar-refractivity contribution in [1.29, 1.82) is 0 Å². The van der Waals surface area contributed by atoms with Crippen LogP contribution in [-0.4, -0.2) is 54.2 Å². The highest BCUT2D eigenvalue weighted by Gasteiger charge is 2.24. The van der Waals surface area contributed by atoms with E-state index >= 15 is 0 Å². The Morgan fingerprint density at radius 3 is 2.16 bits per heavy atom. The second-order valence-electron chi connectivity index (χ2n) is 5.99. The van der Waals surface area contributed by atoms with E-state index in [4.69, 9.17) is 0 Å². The van der Waals surface area contributed by atoms with Crippen LogP contribution in [0.15, 0.2) is 48.5 Å². The van der Waals surface area contributed by atoms with Crippen molar-refractivity contribution in [3.8, 4) is 0 Å². The predicted molar refractivity (Wildman–Crippen MR) is 89.5 cm³/mol. The topological polar surface area (TPSA) is 40.6 Å². The zero-order chi connectivity index (χ0) is 17.8. The van der Waals surface area contributed by atoms with Gasteiger partial charge in [-0.15, -0.1) is 0 Å². The smallest absolute Gasteiger partial charge is 0.254 e. The van der Waals surface area contributed by atoms with Gasteiger partial charge in [0.2, 0.25) is 0 Å². The zero-order valence-electron chi connectivity index (χ0n) is 13.6. The second-order valence-corrected chi connectivity index (χ2v) is 5.99. The van der Waals surface area contributed by atoms with E-state index in [1.807, 2.05) is 23.1 Å². The molecule has 3 rings (SSSR count). The molecule has 130 valence electrons. The Morgan fingerprint density at radius 1 is 0.840 bits per heavy atom. The van der Waals surface area contributed by atoms with Crippen molar-refractivity contribution >= 4 is 11.7 Å². The monoisotopic (exact) mass is 344 g/mol. The number of amides is 1. The number of benzene rings is 2. The molecule has 0 atom stereocenters. The van der Waals surface area contributed by atoms with Crippen LogP contribution in [0, 0.1) is 11.6 Å². The van der Waals surface area contributed by atoms with Crippen LogP contribution in [0.5, 0.6) is 0 Å². The molecule has 1 aliphatic heterocycles. The summed E-state index contributed by atoms with van der Waals surface area (Å²) in [6.07, 6.45) is 0. The normalized spacial score (nSPS) is 15.2. The number of rotatable bonds is 4. The largest absolute Gasteiger partial charge is 0.336 e. The summed E-state index contributed by atoms with van der Waals surface area (Å²) in [5.74, 6) is -2.28. The number of Topliss-reactive ketones (excluding diaryl/α,β-unsaturated/α-hetero) is 1. The van der Waals surface area contributed by atoms with E-state index in [0.717, 1.165) is 12.1 Å². The number of hydrogen-bond acceptors (Lipinski definition) is 3. The SMILES string of the molecule is O=C(CN1CCN(C(=O)c2ccc(F)c(F)c2)CC1)c1ccccc1. The van der Waals surface area contributed by atoms with Crippen molar-refractivity contribution in [2.75, 3.05) is 32.7 Å². The Hall–Kier alpha value is -2.60. The second kappa shape index (κ2) is 7.53. The molecule has 6 heteroatoms. The highest BCUT2D eigenvalue weighted by atomic mass is 19.2. The average Bonchev–Trinajstić information content (AvgIpc) is 2.65. The van der Waals surface area contributed by atoms with Crippen LogP contribution < -0.4 is 0 Å². The third kappa shape index (κ3) is 4.09. The molecule has 2 aromatic rings. The fourth-order valence-electron chi connectivity index (χ4n) is 2.84. The number of hydrogen-bond donors (Lipinski definition) is 0. The van der Waals surface area contributed by atoms with Crippen molar-refractivity contribution in [3.05, 3.63) is 71.3 Å². The van der Waals surface area contributed by atoms with Gasteiger partial charge in [0, 0.05) is 37.3 Å². The number of ketones is 1. The molecule has 0 aliphatic carbocycles. The molecular weight excluding hydrogens is 326 g/mol. The van der Waals surface area contributed by atoms with Crippen molar-refractivity contribution in [2.24, 2.45) is 0 Å². The van der Waals surface area contributed by atoms with E-state index in [-0.39, 0.29) is 17.3 Å². The maximum absolute atomic E-state index is 13.3. The van der Waals surface area contributed by atoms with Crippen molar-refractivity contribution < 1.29 is 18.4 Å². The van der Waals surface area contributed by atoms with Gasteiger partial charge >= 0.3 is 0 Å². The molecule has 0 saturated carbocycles. The third-order valence-corrected chi connectivity index (χ3v) is 4.29. The summed E-state index contributed by atoms with van der Waals surface area (Å²) in [6.45, 7) is 2.32. The Labute approximate surface area is 144 Å². The van der Waals surface area contributed by atoms with Gasteiger partial charge in [-0.3, -0.25) is 14.5 Å². The lowest BCUT2D eigenvalue weighted by Crippen LogP contribution is -2.49. The maximum Gasteiger partial charge on any atom is 0.254 e. The fraction of sp³-hybridized carbons (Fsp3) is 0.263. The first-order chi connectivity index (χ1) is 12.0. The molecule has 2 aromatic carbocycles. The molecule has 25 heavy (non-hydrogen) atoms. The molecule has 1 heterocycles. The van der Waals surface area contributed by atoms with E-state index in [2.05, 4.69) is 0 Å². The first kappa shape index (κ1) is 17.2. The molecule has 4 nitrogen and oxygen atoms in total.